The Labute approximate surface area is 144 Å². The summed E-state index contributed by atoms with van der Waals surface area (Å²) >= 11 is 0. The summed E-state index contributed by atoms with van der Waals surface area (Å²) in [6.45, 7) is 4.08. The first-order chi connectivity index (χ1) is 11.7. The highest BCUT2D eigenvalue weighted by molar-refractivity contribution is 5.76. The van der Waals surface area contributed by atoms with Crippen LogP contribution in [-0.2, 0) is 4.79 Å². The summed E-state index contributed by atoms with van der Waals surface area (Å²) in [6.07, 6.45) is 7.17. The number of hydrogen-bond donors (Lipinski definition) is 1. The van der Waals surface area contributed by atoms with Gasteiger partial charge in [0, 0.05) is 32.2 Å². The molecule has 1 saturated carbocycles. The maximum Gasteiger partial charge on any atom is 0.226 e. The number of carbonyl (C=O) groups is 1. The molecule has 3 rings (SSSR count). The van der Waals surface area contributed by atoms with Gasteiger partial charge in [0.05, 0.1) is 13.0 Å². The minimum absolute atomic E-state index is 0.178. The third-order valence-corrected chi connectivity index (χ3v) is 5.18. The predicted molar refractivity (Wildman–Crippen MR) is 93.2 cm³/mol. The Balaban J connectivity index is 1.36. The molecule has 1 heterocycles. The summed E-state index contributed by atoms with van der Waals surface area (Å²) in [5, 5.41) is 9.24. The molecule has 1 aliphatic carbocycles. The molecule has 2 aliphatic rings. The number of phenols is 1. The highest BCUT2D eigenvalue weighted by Gasteiger charge is 2.26. The molecule has 5 heteroatoms. The molecule has 0 aromatic heterocycles. The smallest absolute Gasteiger partial charge is 0.226 e. The van der Waals surface area contributed by atoms with Gasteiger partial charge in [-0.2, -0.15) is 0 Å². The SMILES string of the molecule is O=C(CCOc1ccc(O)cc1)N1CCN(C2CCCCC2)CC1. The van der Waals surface area contributed by atoms with Crippen molar-refractivity contribution < 1.29 is 14.6 Å². The second kappa shape index (κ2) is 8.38. The number of phenolic OH excluding ortho intramolecular Hbond substituents is 1. The van der Waals surface area contributed by atoms with Gasteiger partial charge in [-0.1, -0.05) is 19.3 Å². The zero-order valence-corrected chi connectivity index (χ0v) is 14.3. The largest absolute Gasteiger partial charge is 0.508 e. The van der Waals surface area contributed by atoms with Crippen LogP contribution < -0.4 is 4.74 Å². The Bertz CT molecular complexity index is 518. The summed E-state index contributed by atoms with van der Waals surface area (Å²) in [6, 6.07) is 7.34. The molecule has 1 N–H and O–H groups in total. The number of ether oxygens (including phenoxy) is 1. The number of carbonyl (C=O) groups excluding carboxylic acids is 1. The van der Waals surface area contributed by atoms with Crippen LogP contribution in [0.5, 0.6) is 11.5 Å². The van der Waals surface area contributed by atoms with Gasteiger partial charge in [-0.25, -0.2) is 0 Å². The zero-order chi connectivity index (χ0) is 16.8. The van der Waals surface area contributed by atoms with E-state index in [1.165, 1.54) is 32.1 Å². The van der Waals surface area contributed by atoms with Crippen molar-refractivity contribution in [3.63, 3.8) is 0 Å². The van der Waals surface area contributed by atoms with Crippen molar-refractivity contribution in [2.75, 3.05) is 32.8 Å². The molecular formula is C19H28N2O3. The van der Waals surface area contributed by atoms with Gasteiger partial charge < -0.3 is 14.7 Å². The molecule has 1 saturated heterocycles. The van der Waals surface area contributed by atoms with E-state index in [2.05, 4.69) is 4.90 Å². The van der Waals surface area contributed by atoms with Crippen molar-refractivity contribution in [1.82, 2.24) is 9.80 Å². The Kier molecular flexibility index (Phi) is 5.96. The number of rotatable bonds is 5. The molecule has 1 aromatic rings. The molecule has 0 bridgehead atoms. The Hall–Kier alpha value is -1.75. The summed E-state index contributed by atoms with van der Waals surface area (Å²) in [7, 11) is 0. The van der Waals surface area contributed by atoms with E-state index < -0.39 is 0 Å². The molecule has 0 atom stereocenters. The molecule has 5 nitrogen and oxygen atoms in total. The normalized spacial score (nSPS) is 20.1. The second-order valence-electron chi connectivity index (χ2n) is 6.80. The average molecular weight is 332 g/mol. The first-order valence-electron chi connectivity index (χ1n) is 9.16. The van der Waals surface area contributed by atoms with E-state index >= 15 is 0 Å². The van der Waals surface area contributed by atoms with Gasteiger partial charge >= 0.3 is 0 Å². The van der Waals surface area contributed by atoms with Crippen LogP contribution in [-0.4, -0.2) is 59.6 Å². The number of piperazine rings is 1. The van der Waals surface area contributed by atoms with Crippen LogP contribution in [0.1, 0.15) is 38.5 Å². The number of nitrogens with zero attached hydrogens (tertiary/aromatic N) is 2. The van der Waals surface area contributed by atoms with Gasteiger partial charge in [0.15, 0.2) is 0 Å². The lowest BCUT2D eigenvalue weighted by molar-refractivity contribution is -0.133. The summed E-state index contributed by atoms with van der Waals surface area (Å²) < 4.78 is 5.57. The average Bonchev–Trinajstić information content (AvgIpc) is 2.64. The number of hydrogen-bond acceptors (Lipinski definition) is 4. The van der Waals surface area contributed by atoms with E-state index in [1.54, 1.807) is 24.3 Å². The molecule has 0 spiro atoms. The van der Waals surface area contributed by atoms with Gasteiger partial charge in [-0.15, -0.1) is 0 Å². The molecular weight excluding hydrogens is 304 g/mol. The van der Waals surface area contributed by atoms with Crippen molar-refractivity contribution in [2.45, 2.75) is 44.6 Å². The Morgan fingerprint density at radius 2 is 1.71 bits per heavy atom. The van der Waals surface area contributed by atoms with Crippen LogP contribution in [0.15, 0.2) is 24.3 Å². The van der Waals surface area contributed by atoms with Crippen molar-refractivity contribution in [2.24, 2.45) is 0 Å². The number of benzene rings is 1. The lowest BCUT2D eigenvalue weighted by Gasteiger charge is -2.40. The van der Waals surface area contributed by atoms with Crippen LogP contribution in [0.2, 0.25) is 0 Å². The van der Waals surface area contributed by atoms with E-state index in [0.29, 0.717) is 18.8 Å². The van der Waals surface area contributed by atoms with E-state index in [0.717, 1.165) is 32.2 Å². The highest BCUT2D eigenvalue weighted by Crippen LogP contribution is 2.23. The van der Waals surface area contributed by atoms with Crippen molar-refractivity contribution >= 4 is 5.91 Å². The molecule has 0 radical (unpaired) electrons. The predicted octanol–water partition coefficient (Wildman–Crippen LogP) is 2.64. The van der Waals surface area contributed by atoms with Gasteiger partial charge in [0.1, 0.15) is 11.5 Å². The van der Waals surface area contributed by atoms with E-state index in [4.69, 9.17) is 4.74 Å². The molecule has 0 unspecified atom stereocenters. The third kappa shape index (κ3) is 4.63. The minimum atomic E-state index is 0.178. The first kappa shape index (κ1) is 17.1. The lowest BCUT2D eigenvalue weighted by Crippen LogP contribution is -2.52. The summed E-state index contributed by atoms with van der Waals surface area (Å²) in [5.41, 5.74) is 0. The topological polar surface area (TPSA) is 53.0 Å². The Morgan fingerprint density at radius 1 is 1.04 bits per heavy atom. The summed E-state index contributed by atoms with van der Waals surface area (Å²) in [5.74, 6) is 1.08. The van der Waals surface area contributed by atoms with Crippen LogP contribution >= 0.6 is 0 Å². The molecule has 2 fully saturated rings. The van der Waals surface area contributed by atoms with E-state index in [1.807, 2.05) is 4.90 Å². The van der Waals surface area contributed by atoms with Crippen LogP contribution in [0, 0.1) is 0 Å². The first-order valence-corrected chi connectivity index (χ1v) is 9.16. The van der Waals surface area contributed by atoms with Gasteiger partial charge in [0.2, 0.25) is 5.91 Å². The highest BCUT2D eigenvalue weighted by atomic mass is 16.5. The zero-order valence-electron chi connectivity index (χ0n) is 14.3. The maximum absolute atomic E-state index is 12.3. The quantitative estimate of drug-likeness (QED) is 0.901. The van der Waals surface area contributed by atoms with Crippen LogP contribution in [0.3, 0.4) is 0 Å². The molecule has 1 aliphatic heterocycles. The molecule has 24 heavy (non-hydrogen) atoms. The summed E-state index contributed by atoms with van der Waals surface area (Å²) in [4.78, 5) is 16.9. The lowest BCUT2D eigenvalue weighted by atomic mass is 9.94. The second-order valence-corrected chi connectivity index (χ2v) is 6.80. The minimum Gasteiger partial charge on any atom is -0.508 e. The van der Waals surface area contributed by atoms with Crippen molar-refractivity contribution in [3.8, 4) is 11.5 Å². The Morgan fingerprint density at radius 3 is 2.38 bits per heavy atom. The standard InChI is InChI=1S/C19H28N2O3/c22-17-6-8-18(9-7-17)24-15-10-19(23)21-13-11-20(12-14-21)16-4-2-1-3-5-16/h6-9,16,22H,1-5,10-15H2. The number of amides is 1. The van der Waals surface area contributed by atoms with E-state index in [9.17, 15) is 9.90 Å². The fourth-order valence-corrected chi connectivity index (χ4v) is 3.74. The van der Waals surface area contributed by atoms with E-state index in [-0.39, 0.29) is 11.7 Å². The van der Waals surface area contributed by atoms with Crippen molar-refractivity contribution in [3.05, 3.63) is 24.3 Å². The third-order valence-electron chi connectivity index (χ3n) is 5.18. The monoisotopic (exact) mass is 332 g/mol. The molecule has 1 aromatic carbocycles. The van der Waals surface area contributed by atoms with Crippen LogP contribution in [0.4, 0.5) is 0 Å². The van der Waals surface area contributed by atoms with Gasteiger partial charge in [-0.05, 0) is 37.1 Å². The van der Waals surface area contributed by atoms with Crippen molar-refractivity contribution in [1.29, 1.82) is 0 Å². The molecule has 1 amide bonds. The van der Waals surface area contributed by atoms with Gasteiger partial charge in [-0.3, -0.25) is 9.69 Å². The maximum atomic E-state index is 12.3. The fourth-order valence-electron chi connectivity index (χ4n) is 3.74. The molecule has 132 valence electrons. The fraction of sp³-hybridized carbons (Fsp3) is 0.632. The number of aromatic hydroxyl groups is 1. The van der Waals surface area contributed by atoms with Crippen LogP contribution in [0.25, 0.3) is 0 Å². The van der Waals surface area contributed by atoms with Gasteiger partial charge in [0.25, 0.3) is 0 Å².